The van der Waals surface area contributed by atoms with E-state index in [1.165, 1.54) is 18.2 Å². The molecule has 0 unspecified atom stereocenters. The summed E-state index contributed by atoms with van der Waals surface area (Å²) in [7, 11) is -3.24. The number of oxazole rings is 1. The fourth-order valence-electron chi connectivity index (χ4n) is 1.29. The number of fused-ring (bicyclic) bond motifs is 1. The van der Waals surface area contributed by atoms with E-state index in [2.05, 4.69) is 4.98 Å². The summed E-state index contributed by atoms with van der Waals surface area (Å²) in [5.41, 5.74) is 0.754. The first-order chi connectivity index (χ1) is 7.03. The Labute approximate surface area is 85.6 Å². The van der Waals surface area contributed by atoms with Crippen molar-refractivity contribution in [1.82, 2.24) is 4.98 Å². The first-order valence-corrected chi connectivity index (χ1v) is 6.04. The average molecular weight is 227 g/mol. The van der Waals surface area contributed by atoms with Crippen LogP contribution in [0.3, 0.4) is 0 Å². The van der Waals surface area contributed by atoms with Crippen LogP contribution in [-0.4, -0.2) is 19.2 Å². The molecule has 0 aliphatic heterocycles. The van der Waals surface area contributed by atoms with Crippen molar-refractivity contribution in [3.8, 4) is 0 Å². The fourth-order valence-corrected chi connectivity index (χ4v) is 2.20. The summed E-state index contributed by atoms with van der Waals surface area (Å²) in [6, 6.07) is 4.30. The van der Waals surface area contributed by atoms with Gasteiger partial charge in [0, 0.05) is 0 Å². The van der Waals surface area contributed by atoms with Crippen LogP contribution in [0.15, 0.2) is 32.3 Å². The Bertz CT molecular complexity index is 650. The number of benzene rings is 1. The molecule has 1 N–H and O–H groups in total. The zero-order valence-electron chi connectivity index (χ0n) is 7.98. The monoisotopic (exact) mass is 227 g/mol. The number of aromatic nitrogens is 1. The molecule has 0 fully saturated rings. The average Bonchev–Trinajstić information content (AvgIpc) is 2.56. The van der Waals surface area contributed by atoms with E-state index < -0.39 is 15.6 Å². The van der Waals surface area contributed by atoms with E-state index in [9.17, 15) is 13.2 Å². The summed E-state index contributed by atoms with van der Waals surface area (Å²) >= 11 is 0. The minimum absolute atomic E-state index is 0.0284. The van der Waals surface area contributed by atoms with Gasteiger partial charge in [-0.3, -0.25) is 4.98 Å². The molecule has 1 heterocycles. The second-order valence-corrected chi connectivity index (χ2v) is 5.35. The van der Waals surface area contributed by atoms with Crippen molar-refractivity contribution >= 4 is 20.9 Å². The predicted molar refractivity (Wildman–Crippen MR) is 54.6 cm³/mol. The highest BCUT2D eigenvalue weighted by molar-refractivity contribution is 7.91. The normalized spacial score (nSPS) is 12.1. The standard InChI is InChI=1S/C9H9NO4S/c1-2-15(12,13)6-3-4-8-7(5-6)10-9(11)14-8/h3-5H,2H2,1H3,(H,10,11). The molecule has 80 valence electrons. The molecule has 0 atom stereocenters. The van der Waals surface area contributed by atoms with E-state index in [4.69, 9.17) is 4.42 Å². The molecule has 0 bridgehead atoms. The summed E-state index contributed by atoms with van der Waals surface area (Å²) in [5.74, 6) is -0.559. The molecule has 0 saturated carbocycles. The van der Waals surface area contributed by atoms with Crippen LogP contribution < -0.4 is 5.76 Å². The quantitative estimate of drug-likeness (QED) is 0.827. The first-order valence-electron chi connectivity index (χ1n) is 4.38. The van der Waals surface area contributed by atoms with Crippen LogP contribution in [0, 0.1) is 0 Å². The Hall–Kier alpha value is -1.56. The van der Waals surface area contributed by atoms with Crippen molar-refractivity contribution < 1.29 is 12.8 Å². The third-order valence-corrected chi connectivity index (χ3v) is 3.86. The molecule has 0 aliphatic rings. The van der Waals surface area contributed by atoms with E-state index in [0.717, 1.165) is 0 Å². The molecular formula is C9H9NO4S. The Kier molecular flexibility index (Phi) is 2.15. The molecule has 0 spiro atoms. The van der Waals surface area contributed by atoms with Crippen molar-refractivity contribution in [3.05, 3.63) is 28.7 Å². The molecule has 0 amide bonds. The minimum Gasteiger partial charge on any atom is -0.408 e. The summed E-state index contributed by atoms with van der Waals surface area (Å²) in [6.45, 7) is 1.57. The van der Waals surface area contributed by atoms with Gasteiger partial charge in [0.1, 0.15) is 0 Å². The van der Waals surface area contributed by atoms with E-state index >= 15 is 0 Å². The molecule has 5 nitrogen and oxygen atoms in total. The molecule has 0 radical (unpaired) electrons. The summed E-state index contributed by atoms with van der Waals surface area (Å²) in [5, 5.41) is 0. The highest BCUT2D eigenvalue weighted by Gasteiger charge is 2.13. The summed E-state index contributed by atoms with van der Waals surface area (Å²) in [4.78, 5) is 13.4. The SMILES string of the molecule is CCS(=O)(=O)c1ccc2oc(=O)[nH]c2c1. The Morgan fingerprint density at radius 2 is 2.13 bits per heavy atom. The van der Waals surface area contributed by atoms with Crippen molar-refractivity contribution in [2.24, 2.45) is 0 Å². The highest BCUT2D eigenvalue weighted by atomic mass is 32.2. The lowest BCUT2D eigenvalue weighted by Gasteiger charge is -1.99. The Morgan fingerprint density at radius 1 is 1.40 bits per heavy atom. The van der Waals surface area contributed by atoms with E-state index in [0.29, 0.717) is 11.1 Å². The molecule has 0 aliphatic carbocycles. The summed E-state index contributed by atoms with van der Waals surface area (Å²) in [6.07, 6.45) is 0. The lowest BCUT2D eigenvalue weighted by Crippen LogP contribution is -2.03. The van der Waals surface area contributed by atoms with E-state index in [-0.39, 0.29) is 10.6 Å². The molecule has 0 saturated heterocycles. The third kappa shape index (κ3) is 1.68. The second-order valence-electron chi connectivity index (χ2n) is 3.08. The van der Waals surface area contributed by atoms with Crippen molar-refractivity contribution in [3.63, 3.8) is 0 Å². The molecule has 6 heteroatoms. The lowest BCUT2D eigenvalue weighted by molar-refractivity contribution is 0.555. The number of H-pyrrole nitrogens is 1. The van der Waals surface area contributed by atoms with E-state index in [1.807, 2.05) is 0 Å². The molecule has 2 aromatic rings. The largest absolute Gasteiger partial charge is 0.417 e. The van der Waals surface area contributed by atoms with Gasteiger partial charge in [0.2, 0.25) is 0 Å². The minimum atomic E-state index is -3.24. The Balaban J connectivity index is 2.71. The van der Waals surface area contributed by atoms with Gasteiger partial charge in [0.05, 0.1) is 16.2 Å². The molecule has 2 rings (SSSR count). The van der Waals surface area contributed by atoms with Crippen LogP contribution in [-0.2, 0) is 9.84 Å². The van der Waals surface area contributed by atoms with Gasteiger partial charge in [0.15, 0.2) is 15.4 Å². The van der Waals surface area contributed by atoms with Gasteiger partial charge in [0.25, 0.3) is 0 Å². The van der Waals surface area contributed by atoms with Gasteiger partial charge in [-0.05, 0) is 18.2 Å². The number of sulfone groups is 1. The van der Waals surface area contributed by atoms with Gasteiger partial charge < -0.3 is 4.42 Å². The Morgan fingerprint density at radius 3 is 2.80 bits per heavy atom. The van der Waals surface area contributed by atoms with Gasteiger partial charge in [-0.15, -0.1) is 0 Å². The maximum atomic E-state index is 11.5. The van der Waals surface area contributed by atoms with Crippen LogP contribution in [0.1, 0.15) is 6.92 Å². The lowest BCUT2D eigenvalue weighted by atomic mass is 10.3. The van der Waals surface area contributed by atoms with Gasteiger partial charge in [-0.1, -0.05) is 6.92 Å². The zero-order chi connectivity index (χ0) is 11.1. The van der Waals surface area contributed by atoms with Gasteiger partial charge in [-0.2, -0.15) is 0 Å². The maximum absolute atomic E-state index is 11.5. The molecule has 15 heavy (non-hydrogen) atoms. The van der Waals surface area contributed by atoms with Gasteiger partial charge >= 0.3 is 5.76 Å². The van der Waals surface area contributed by atoms with Gasteiger partial charge in [-0.25, -0.2) is 13.2 Å². The second kappa shape index (κ2) is 3.23. The van der Waals surface area contributed by atoms with Crippen LogP contribution in [0.25, 0.3) is 11.1 Å². The van der Waals surface area contributed by atoms with Crippen LogP contribution in [0.5, 0.6) is 0 Å². The van der Waals surface area contributed by atoms with Crippen LogP contribution in [0.4, 0.5) is 0 Å². The first kappa shape index (κ1) is 9.97. The van der Waals surface area contributed by atoms with Crippen LogP contribution in [0.2, 0.25) is 0 Å². The van der Waals surface area contributed by atoms with Crippen molar-refractivity contribution in [1.29, 1.82) is 0 Å². The fraction of sp³-hybridized carbons (Fsp3) is 0.222. The number of nitrogens with one attached hydrogen (secondary N) is 1. The number of hydrogen-bond donors (Lipinski definition) is 1. The van der Waals surface area contributed by atoms with Crippen molar-refractivity contribution in [2.75, 3.05) is 5.75 Å². The molecular weight excluding hydrogens is 218 g/mol. The smallest absolute Gasteiger partial charge is 0.408 e. The highest BCUT2D eigenvalue weighted by Crippen LogP contribution is 2.17. The number of hydrogen-bond acceptors (Lipinski definition) is 4. The maximum Gasteiger partial charge on any atom is 0.417 e. The summed E-state index contributed by atoms with van der Waals surface area (Å²) < 4.78 is 27.8. The third-order valence-electron chi connectivity index (χ3n) is 2.13. The molecule has 1 aromatic carbocycles. The van der Waals surface area contributed by atoms with E-state index in [1.54, 1.807) is 6.92 Å². The number of aromatic amines is 1. The van der Waals surface area contributed by atoms with Crippen LogP contribution >= 0.6 is 0 Å². The number of rotatable bonds is 2. The molecule has 1 aromatic heterocycles. The van der Waals surface area contributed by atoms with Crippen molar-refractivity contribution in [2.45, 2.75) is 11.8 Å². The zero-order valence-corrected chi connectivity index (χ0v) is 8.80. The predicted octanol–water partition coefficient (Wildman–Crippen LogP) is 0.915. The topological polar surface area (TPSA) is 80.1 Å².